The predicted octanol–water partition coefficient (Wildman–Crippen LogP) is 4.01. The first-order valence-corrected chi connectivity index (χ1v) is 10.4. The molecule has 0 atom stereocenters. The van der Waals surface area contributed by atoms with E-state index in [9.17, 15) is 0 Å². The molecule has 2 N–H and O–H groups in total. The molecule has 3 aromatic rings. The van der Waals surface area contributed by atoms with Crippen molar-refractivity contribution in [3.05, 3.63) is 36.0 Å². The lowest BCUT2D eigenvalue weighted by Gasteiger charge is -2.23. The van der Waals surface area contributed by atoms with Crippen LogP contribution < -0.4 is 10.6 Å². The zero-order valence-electron chi connectivity index (χ0n) is 17.1. The van der Waals surface area contributed by atoms with Crippen LogP contribution >= 0.6 is 0 Å². The van der Waals surface area contributed by atoms with Gasteiger partial charge < -0.3 is 15.2 Å². The van der Waals surface area contributed by atoms with Crippen molar-refractivity contribution < 1.29 is 0 Å². The molecule has 1 aromatic carbocycles. The highest BCUT2D eigenvalue weighted by Crippen LogP contribution is 2.28. The van der Waals surface area contributed by atoms with Crippen LogP contribution in [0.5, 0.6) is 0 Å². The lowest BCUT2D eigenvalue weighted by Crippen LogP contribution is -2.28. The Hall–Kier alpha value is -2.47. The Bertz CT molecular complexity index is 925. The Kier molecular flexibility index (Phi) is 5.57. The number of rotatable bonds is 6. The van der Waals surface area contributed by atoms with Crippen LogP contribution in [-0.4, -0.2) is 38.7 Å². The minimum atomic E-state index is 0.288. The van der Waals surface area contributed by atoms with Gasteiger partial charge in [0.25, 0.3) is 0 Å². The van der Waals surface area contributed by atoms with Crippen molar-refractivity contribution in [2.24, 2.45) is 5.92 Å². The van der Waals surface area contributed by atoms with E-state index in [0.717, 1.165) is 60.2 Å². The van der Waals surface area contributed by atoms with E-state index >= 15 is 0 Å². The summed E-state index contributed by atoms with van der Waals surface area (Å²) in [5, 5.41) is 6.81. The van der Waals surface area contributed by atoms with Gasteiger partial charge in [-0.2, -0.15) is 4.98 Å². The number of benzene rings is 1. The Morgan fingerprint density at radius 1 is 1.11 bits per heavy atom. The van der Waals surface area contributed by atoms with E-state index in [-0.39, 0.29) is 6.04 Å². The predicted molar refractivity (Wildman–Crippen MR) is 114 cm³/mol. The second-order valence-corrected chi connectivity index (χ2v) is 8.04. The molecule has 2 aromatic heterocycles. The summed E-state index contributed by atoms with van der Waals surface area (Å²) in [6, 6.07) is 10.7. The van der Waals surface area contributed by atoms with E-state index in [1.807, 2.05) is 13.0 Å². The Morgan fingerprint density at radius 2 is 1.86 bits per heavy atom. The van der Waals surface area contributed by atoms with Crippen LogP contribution in [0.4, 0.5) is 5.95 Å². The molecule has 0 amide bonds. The van der Waals surface area contributed by atoms with E-state index < -0.39 is 0 Å². The average Bonchev–Trinajstić information content (AvgIpc) is 3.06. The number of nitrogens with one attached hydrogen (secondary N) is 2. The average molecular weight is 379 g/mol. The highest BCUT2D eigenvalue weighted by Gasteiger charge is 2.19. The van der Waals surface area contributed by atoms with Crippen LogP contribution in [0.3, 0.4) is 0 Å². The first-order chi connectivity index (χ1) is 13.6. The second kappa shape index (κ2) is 8.27. The summed E-state index contributed by atoms with van der Waals surface area (Å²) in [7, 11) is 0. The number of aryl methyl sites for hydroxylation is 2. The molecule has 0 spiro atoms. The summed E-state index contributed by atoms with van der Waals surface area (Å²) >= 11 is 0. The quantitative estimate of drug-likeness (QED) is 0.678. The van der Waals surface area contributed by atoms with Crippen molar-refractivity contribution >= 4 is 17.1 Å². The Labute approximate surface area is 166 Å². The van der Waals surface area contributed by atoms with Gasteiger partial charge in [-0.3, -0.25) is 0 Å². The molecule has 0 aliphatic carbocycles. The van der Waals surface area contributed by atoms with Crippen LogP contribution in [0.1, 0.15) is 38.8 Å². The van der Waals surface area contributed by atoms with E-state index in [2.05, 4.69) is 58.3 Å². The third-order valence-corrected chi connectivity index (χ3v) is 5.44. The van der Waals surface area contributed by atoms with Crippen molar-refractivity contribution in [2.75, 3.05) is 18.4 Å². The molecule has 0 unspecified atom stereocenters. The first-order valence-electron chi connectivity index (χ1n) is 10.4. The number of anilines is 1. The molecule has 1 aliphatic heterocycles. The molecule has 148 valence electrons. The van der Waals surface area contributed by atoms with Crippen molar-refractivity contribution in [1.29, 1.82) is 0 Å². The monoisotopic (exact) mass is 378 g/mol. The van der Waals surface area contributed by atoms with Gasteiger partial charge in [0.2, 0.25) is 5.95 Å². The minimum absolute atomic E-state index is 0.288. The normalized spacial score (nSPS) is 15.4. The number of fused-ring (bicyclic) bond motifs is 1. The molecule has 6 nitrogen and oxygen atoms in total. The molecular weight excluding hydrogens is 348 g/mol. The van der Waals surface area contributed by atoms with Gasteiger partial charge in [-0.15, -0.1) is 0 Å². The summed E-state index contributed by atoms with van der Waals surface area (Å²) in [5.41, 5.74) is 3.89. The smallest absolute Gasteiger partial charge is 0.225 e. The zero-order chi connectivity index (χ0) is 19.5. The van der Waals surface area contributed by atoms with Crippen LogP contribution in [0.25, 0.3) is 22.6 Å². The highest BCUT2D eigenvalue weighted by molar-refractivity contribution is 5.80. The van der Waals surface area contributed by atoms with Gasteiger partial charge in [-0.05, 0) is 59.0 Å². The molecule has 0 saturated carbocycles. The van der Waals surface area contributed by atoms with Crippen LogP contribution in [0.15, 0.2) is 30.3 Å². The first kappa shape index (κ1) is 18.9. The van der Waals surface area contributed by atoms with Gasteiger partial charge in [0.05, 0.1) is 5.69 Å². The highest BCUT2D eigenvalue weighted by atomic mass is 15.2. The maximum atomic E-state index is 4.96. The summed E-state index contributed by atoms with van der Waals surface area (Å²) < 4.78 is 2.30. The van der Waals surface area contributed by atoms with Crippen molar-refractivity contribution in [3.8, 4) is 11.4 Å². The van der Waals surface area contributed by atoms with Gasteiger partial charge in [-0.25, -0.2) is 9.97 Å². The van der Waals surface area contributed by atoms with Gasteiger partial charge in [0.15, 0.2) is 5.65 Å². The van der Waals surface area contributed by atoms with Gasteiger partial charge in [0, 0.05) is 18.2 Å². The summed E-state index contributed by atoms with van der Waals surface area (Å²) in [5.74, 6) is 2.43. The lowest BCUT2D eigenvalue weighted by atomic mass is 9.95. The number of hydrogen-bond donors (Lipinski definition) is 2. The van der Waals surface area contributed by atoms with E-state index in [1.165, 1.54) is 12.8 Å². The number of hydrogen-bond acceptors (Lipinski definition) is 5. The van der Waals surface area contributed by atoms with Gasteiger partial charge >= 0.3 is 0 Å². The third kappa shape index (κ3) is 4.02. The maximum absolute atomic E-state index is 4.96. The topological polar surface area (TPSA) is 67.7 Å². The maximum Gasteiger partial charge on any atom is 0.225 e. The molecule has 4 rings (SSSR count). The molecule has 6 heteroatoms. The zero-order valence-corrected chi connectivity index (χ0v) is 17.1. The number of imidazole rings is 1. The molecule has 3 heterocycles. The number of aromatic nitrogens is 4. The summed E-state index contributed by atoms with van der Waals surface area (Å²) in [6.07, 6.45) is 3.66. The largest absolute Gasteiger partial charge is 0.352 e. The second-order valence-electron chi connectivity index (χ2n) is 8.04. The lowest BCUT2D eigenvalue weighted by molar-refractivity contribution is 0.339. The third-order valence-electron chi connectivity index (χ3n) is 5.44. The van der Waals surface area contributed by atoms with Gasteiger partial charge in [0.1, 0.15) is 11.3 Å². The fraction of sp³-hybridized carbons (Fsp3) is 0.500. The van der Waals surface area contributed by atoms with Crippen LogP contribution in [0, 0.1) is 12.8 Å². The fourth-order valence-corrected chi connectivity index (χ4v) is 3.96. The molecule has 1 saturated heterocycles. The molecule has 0 bridgehead atoms. The van der Waals surface area contributed by atoms with Crippen molar-refractivity contribution in [3.63, 3.8) is 0 Å². The fourth-order valence-electron chi connectivity index (χ4n) is 3.96. The summed E-state index contributed by atoms with van der Waals surface area (Å²) in [4.78, 5) is 14.4. The van der Waals surface area contributed by atoms with E-state index in [1.54, 1.807) is 0 Å². The standard InChI is InChI=1S/C22H30N6/c1-15(2)24-22-25-16(3)19-21(27-22)28(14-11-17-9-12-23-13-10-17)20(26-19)18-7-5-4-6-8-18/h4-8,15,17,23H,9-14H2,1-3H3,(H,24,25,27). The molecular formula is C22H30N6. The molecule has 0 radical (unpaired) electrons. The van der Waals surface area contributed by atoms with Crippen LogP contribution in [0.2, 0.25) is 0 Å². The molecule has 1 fully saturated rings. The number of piperidine rings is 1. The van der Waals surface area contributed by atoms with E-state index in [0.29, 0.717) is 5.95 Å². The molecule has 28 heavy (non-hydrogen) atoms. The van der Waals surface area contributed by atoms with Crippen molar-refractivity contribution in [1.82, 2.24) is 24.8 Å². The SMILES string of the molecule is Cc1nc(NC(C)C)nc2c1nc(-c1ccccc1)n2CCC1CCNCC1. The van der Waals surface area contributed by atoms with Gasteiger partial charge in [-0.1, -0.05) is 30.3 Å². The summed E-state index contributed by atoms with van der Waals surface area (Å²) in [6.45, 7) is 9.42. The van der Waals surface area contributed by atoms with Crippen LogP contribution in [-0.2, 0) is 6.54 Å². The Balaban J connectivity index is 1.76. The molecule has 1 aliphatic rings. The van der Waals surface area contributed by atoms with E-state index in [4.69, 9.17) is 9.97 Å². The number of nitrogens with zero attached hydrogens (tertiary/aromatic N) is 4. The Morgan fingerprint density at radius 3 is 2.57 bits per heavy atom. The van der Waals surface area contributed by atoms with Crippen molar-refractivity contribution in [2.45, 2.75) is 52.6 Å². The minimum Gasteiger partial charge on any atom is -0.352 e.